The van der Waals surface area contributed by atoms with Crippen LogP contribution in [0.5, 0.6) is 0 Å². The summed E-state index contributed by atoms with van der Waals surface area (Å²) in [5.74, 6) is 1.04. The van der Waals surface area contributed by atoms with Crippen LogP contribution in [0, 0.1) is 6.92 Å². The molecule has 1 aromatic heterocycles. The number of furan rings is 1. The van der Waals surface area contributed by atoms with Gasteiger partial charge in [-0.2, -0.15) is 0 Å². The van der Waals surface area contributed by atoms with Crippen molar-refractivity contribution in [3.63, 3.8) is 0 Å². The number of nitrogens with one attached hydrogen (secondary N) is 1. The standard InChI is InChI=1S/C20H24N2O5/c1-14-3-8-18(27-14)17(22-9-11-26-12-10-22)13-21-19(23)15-4-6-16(7-5-15)20(24)25-2/h3-8,17H,9-13H2,1-2H3,(H,21,23). The fourth-order valence-corrected chi connectivity index (χ4v) is 3.10. The Bertz CT molecular complexity index is 778. The first-order valence-electron chi connectivity index (χ1n) is 8.93. The highest BCUT2D eigenvalue weighted by Gasteiger charge is 2.25. The van der Waals surface area contributed by atoms with Crippen molar-refractivity contribution in [3.8, 4) is 0 Å². The quantitative estimate of drug-likeness (QED) is 0.783. The summed E-state index contributed by atoms with van der Waals surface area (Å²) in [5, 5.41) is 2.97. The zero-order valence-electron chi connectivity index (χ0n) is 15.6. The van der Waals surface area contributed by atoms with E-state index in [9.17, 15) is 9.59 Å². The lowest BCUT2D eigenvalue weighted by atomic mass is 10.1. The minimum atomic E-state index is -0.428. The van der Waals surface area contributed by atoms with E-state index in [-0.39, 0.29) is 11.9 Å². The maximum Gasteiger partial charge on any atom is 0.337 e. The third kappa shape index (κ3) is 4.75. The Balaban J connectivity index is 1.67. The molecule has 1 aromatic carbocycles. The fraction of sp³-hybridized carbons (Fsp3) is 0.400. The number of nitrogens with zero attached hydrogens (tertiary/aromatic N) is 1. The number of carbonyl (C=O) groups is 2. The molecule has 3 rings (SSSR count). The third-order valence-corrected chi connectivity index (χ3v) is 4.60. The van der Waals surface area contributed by atoms with Gasteiger partial charge in [0, 0.05) is 25.2 Å². The molecule has 7 heteroatoms. The van der Waals surface area contributed by atoms with Crippen LogP contribution in [0.4, 0.5) is 0 Å². The average molecular weight is 372 g/mol. The summed E-state index contributed by atoms with van der Waals surface area (Å²) in [6.07, 6.45) is 0. The van der Waals surface area contributed by atoms with E-state index < -0.39 is 5.97 Å². The predicted octanol–water partition coefficient (Wildman–Crippen LogP) is 2.18. The van der Waals surface area contributed by atoms with Crippen molar-refractivity contribution in [2.45, 2.75) is 13.0 Å². The number of benzene rings is 1. The summed E-state index contributed by atoms with van der Waals surface area (Å²) in [7, 11) is 1.32. The summed E-state index contributed by atoms with van der Waals surface area (Å²) < 4.78 is 15.9. The second kappa shape index (κ2) is 8.83. The maximum absolute atomic E-state index is 12.5. The lowest BCUT2D eigenvalue weighted by molar-refractivity contribution is 0.0117. The van der Waals surface area contributed by atoms with Gasteiger partial charge in [0.05, 0.1) is 31.9 Å². The molecule has 1 unspecified atom stereocenters. The Labute approximate surface area is 158 Å². The minimum Gasteiger partial charge on any atom is -0.465 e. The Kier molecular flexibility index (Phi) is 6.26. The van der Waals surface area contributed by atoms with Gasteiger partial charge in [-0.25, -0.2) is 4.79 Å². The molecule has 0 bridgehead atoms. The van der Waals surface area contributed by atoms with Gasteiger partial charge < -0.3 is 19.2 Å². The van der Waals surface area contributed by atoms with Crippen molar-refractivity contribution < 1.29 is 23.5 Å². The van der Waals surface area contributed by atoms with E-state index >= 15 is 0 Å². The molecule has 1 N–H and O–H groups in total. The van der Waals surface area contributed by atoms with Crippen LogP contribution < -0.4 is 5.32 Å². The van der Waals surface area contributed by atoms with Crippen LogP contribution in [0.2, 0.25) is 0 Å². The van der Waals surface area contributed by atoms with E-state index in [0.29, 0.717) is 30.9 Å². The second-order valence-corrected chi connectivity index (χ2v) is 6.39. The van der Waals surface area contributed by atoms with E-state index in [4.69, 9.17) is 9.15 Å². The predicted molar refractivity (Wildman–Crippen MR) is 98.7 cm³/mol. The first-order valence-corrected chi connectivity index (χ1v) is 8.93. The number of rotatable bonds is 6. The van der Waals surface area contributed by atoms with Crippen LogP contribution in [0.1, 0.15) is 38.3 Å². The van der Waals surface area contributed by atoms with Gasteiger partial charge in [-0.05, 0) is 43.3 Å². The van der Waals surface area contributed by atoms with E-state index in [1.165, 1.54) is 7.11 Å². The molecular formula is C20H24N2O5. The monoisotopic (exact) mass is 372 g/mol. The van der Waals surface area contributed by atoms with Crippen LogP contribution in [0.15, 0.2) is 40.8 Å². The summed E-state index contributed by atoms with van der Waals surface area (Å²) in [6.45, 7) is 5.23. The number of carbonyl (C=O) groups excluding carboxylic acids is 2. The molecule has 27 heavy (non-hydrogen) atoms. The van der Waals surface area contributed by atoms with Gasteiger partial charge >= 0.3 is 5.97 Å². The van der Waals surface area contributed by atoms with E-state index in [0.717, 1.165) is 24.6 Å². The minimum absolute atomic E-state index is 0.0547. The van der Waals surface area contributed by atoms with E-state index in [1.54, 1.807) is 24.3 Å². The number of aryl methyl sites for hydroxylation is 1. The molecule has 0 saturated carbocycles. The lowest BCUT2D eigenvalue weighted by Crippen LogP contribution is -2.43. The molecule has 0 radical (unpaired) electrons. The van der Waals surface area contributed by atoms with Crippen LogP contribution in [-0.2, 0) is 9.47 Å². The van der Waals surface area contributed by atoms with Crippen LogP contribution in [-0.4, -0.2) is 56.7 Å². The normalized spacial score (nSPS) is 15.9. The number of hydrogen-bond donors (Lipinski definition) is 1. The van der Waals surface area contributed by atoms with Gasteiger partial charge in [-0.1, -0.05) is 0 Å². The van der Waals surface area contributed by atoms with Gasteiger partial charge in [0.2, 0.25) is 0 Å². The molecule has 1 aliphatic heterocycles. The Morgan fingerprint density at radius 3 is 2.37 bits per heavy atom. The molecule has 144 valence electrons. The molecular weight excluding hydrogens is 348 g/mol. The zero-order chi connectivity index (χ0) is 19.2. The van der Waals surface area contributed by atoms with Gasteiger partial charge in [0.1, 0.15) is 11.5 Å². The fourth-order valence-electron chi connectivity index (χ4n) is 3.10. The Morgan fingerprint density at radius 1 is 1.11 bits per heavy atom. The zero-order valence-corrected chi connectivity index (χ0v) is 15.6. The smallest absolute Gasteiger partial charge is 0.337 e. The van der Waals surface area contributed by atoms with Crippen molar-refractivity contribution in [2.75, 3.05) is 40.0 Å². The Morgan fingerprint density at radius 2 is 1.78 bits per heavy atom. The third-order valence-electron chi connectivity index (χ3n) is 4.60. The average Bonchev–Trinajstić information content (AvgIpc) is 3.14. The highest BCUT2D eigenvalue weighted by atomic mass is 16.5. The van der Waals surface area contributed by atoms with Gasteiger partial charge in [0.25, 0.3) is 5.91 Å². The van der Waals surface area contributed by atoms with Crippen molar-refractivity contribution in [3.05, 3.63) is 59.0 Å². The largest absolute Gasteiger partial charge is 0.465 e. The van der Waals surface area contributed by atoms with Crippen LogP contribution in [0.25, 0.3) is 0 Å². The highest BCUT2D eigenvalue weighted by molar-refractivity contribution is 5.96. The number of methoxy groups -OCH3 is 1. The van der Waals surface area contributed by atoms with E-state index in [2.05, 4.69) is 15.0 Å². The molecule has 0 aliphatic carbocycles. The summed E-state index contributed by atoms with van der Waals surface area (Å²) >= 11 is 0. The van der Waals surface area contributed by atoms with Gasteiger partial charge in [0.15, 0.2) is 0 Å². The molecule has 2 heterocycles. The number of hydrogen-bond acceptors (Lipinski definition) is 6. The topological polar surface area (TPSA) is 81.0 Å². The highest BCUT2D eigenvalue weighted by Crippen LogP contribution is 2.23. The first-order chi connectivity index (χ1) is 13.1. The van der Waals surface area contributed by atoms with Crippen LogP contribution in [0.3, 0.4) is 0 Å². The summed E-state index contributed by atoms with van der Waals surface area (Å²) in [6, 6.07) is 10.2. The van der Waals surface area contributed by atoms with Crippen molar-refractivity contribution >= 4 is 11.9 Å². The summed E-state index contributed by atoms with van der Waals surface area (Å²) in [4.78, 5) is 26.3. The van der Waals surface area contributed by atoms with Crippen molar-refractivity contribution in [1.82, 2.24) is 10.2 Å². The molecule has 2 aromatic rings. The first kappa shape index (κ1) is 19.1. The maximum atomic E-state index is 12.5. The van der Waals surface area contributed by atoms with Crippen molar-refractivity contribution in [2.24, 2.45) is 0 Å². The molecule has 1 atom stereocenters. The van der Waals surface area contributed by atoms with E-state index in [1.807, 2.05) is 19.1 Å². The lowest BCUT2D eigenvalue weighted by Gasteiger charge is -2.33. The summed E-state index contributed by atoms with van der Waals surface area (Å²) in [5.41, 5.74) is 0.894. The number of morpholine rings is 1. The molecule has 7 nitrogen and oxygen atoms in total. The van der Waals surface area contributed by atoms with Crippen molar-refractivity contribution in [1.29, 1.82) is 0 Å². The van der Waals surface area contributed by atoms with Gasteiger partial charge in [-0.3, -0.25) is 9.69 Å². The molecule has 1 aliphatic rings. The SMILES string of the molecule is COC(=O)c1ccc(C(=O)NCC(c2ccc(C)o2)N2CCOCC2)cc1. The Hall–Kier alpha value is -2.64. The molecule has 1 amide bonds. The second-order valence-electron chi connectivity index (χ2n) is 6.39. The molecule has 1 saturated heterocycles. The molecule has 1 fully saturated rings. The number of ether oxygens (including phenoxy) is 2. The number of esters is 1. The number of amides is 1. The van der Waals surface area contributed by atoms with Crippen LogP contribution >= 0.6 is 0 Å². The van der Waals surface area contributed by atoms with Gasteiger partial charge in [-0.15, -0.1) is 0 Å². The molecule has 0 spiro atoms.